The number of nitrogens with zero attached hydrogens (tertiary/aromatic N) is 1. The Bertz CT molecular complexity index is 1080. The molecule has 7 nitrogen and oxygen atoms in total. The van der Waals surface area contributed by atoms with E-state index in [1.807, 2.05) is 18.2 Å². The maximum atomic E-state index is 12.3. The van der Waals surface area contributed by atoms with Gasteiger partial charge in [0.2, 0.25) is 0 Å². The number of esters is 1. The number of hydrogen-bond donors (Lipinski definition) is 2. The SMILES string of the molecule is COC(=O)Cc1c(C)c2cc(C[NH2+]Cc3ccncc3)c(O)c(C)c2oc1=O.[Cl-]. The summed E-state index contributed by atoms with van der Waals surface area (Å²) in [6, 6.07) is 5.71. The third-order valence-electron chi connectivity index (χ3n) is 4.90. The molecule has 0 atom stereocenters. The van der Waals surface area contributed by atoms with Gasteiger partial charge in [-0.15, -0.1) is 0 Å². The number of aromatic hydroxyl groups is 1. The minimum absolute atomic E-state index is 0. The Morgan fingerprint density at radius 2 is 1.90 bits per heavy atom. The molecule has 0 aliphatic carbocycles. The third kappa shape index (κ3) is 4.75. The number of fused-ring (bicyclic) bond motifs is 1. The average molecular weight is 419 g/mol. The molecule has 2 heterocycles. The number of aryl methyl sites for hydroxylation is 2. The summed E-state index contributed by atoms with van der Waals surface area (Å²) in [7, 11) is 1.28. The fourth-order valence-electron chi connectivity index (χ4n) is 3.23. The number of rotatable bonds is 6. The highest BCUT2D eigenvalue weighted by Crippen LogP contribution is 2.32. The lowest BCUT2D eigenvalue weighted by molar-refractivity contribution is -0.686. The van der Waals surface area contributed by atoms with Crippen molar-refractivity contribution in [3.05, 3.63) is 68.8 Å². The number of ether oxygens (including phenoxy) is 1. The smallest absolute Gasteiger partial charge is 0.340 e. The Hall–Kier alpha value is -2.90. The van der Waals surface area contributed by atoms with Crippen molar-refractivity contribution in [1.29, 1.82) is 0 Å². The van der Waals surface area contributed by atoms with E-state index in [9.17, 15) is 14.7 Å². The van der Waals surface area contributed by atoms with Gasteiger partial charge in [-0.3, -0.25) is 9.78 Å². The van der Waals surface area contributed by atoms with Crippen LogP contribution in [0, 0.1) is 13.8 Å². The normalized spacial score (nSPS) is 10.6. The molecule has 3 rings (SSSR count). The molecule has 0 saturated heterocycles. The van der Waals surface area contributed by atoms with Crippen molar-refractivity contribution in [2.24, 2.45) is 0 Å². The van der Waals surface area contributed by atoms with Crippen LogP contribution in [0.4, 0.5) is 0 Å². The van der Waals surface area contributed by atoms with E-state index in [-0.39, 0.29) is 30.1 Å². The van der Waals surface area contributed by atoms with Crippen LogP contribution in [0.25, 0.3) is 11.0 Å². The van der Waals surface area contributed by atoms with E-state index in [2.05, 4.69) is 15.0 Å². The molecular formula is C21H23ClN2O5. The predicted octanol–water partition coefficient (Wildman–Crippen LogP) is -1.51. The van der Waals surface area contributed by atoms with Gasteiger partial charge in [-0.1, -0.05) is 0 Å². The van der Waals surface area contributed by atoms with E-state index in [1.54, 1.807) is 26.2 Å². The number of carbonyl (C=O) groups is 1. The van der Waals surface area contributed by atoms with Gasteiger partial charge in [-0.05, 0) is 37.6 Å². The first-order chi connectivity index (χ1) is 13.4. The zero-order chi connectivity index (χ0) is 20.3. The number of nitrogens with two attached hydrogens (primary N) is 1. The first kappa shape index (κ1) is 22.4. The average Bonchev–Trinajstić information content (AvgIpc) is 2.70. The number of quaternary nitrogens is 1. The van der Waals surface area contributed by atoms with Gasteiger partial charge >= 0.3 is 11.6 Å². The monoisotopic (exact) mass is 418 g/mol. The topological polar surface area (TPSA) is 106 Å². The highest BCUT2D eigenvalue weighted by atomic mass is 35.5. The van der Waals surface area contributed by atoms with Crippen molar-refractivity contribution in [3.8, 4) is 5.75 Å². The molecule has 3 aromatic rings. The molecule has 0 fully saturated rings. The summed E-state index contributed by atoms with van der Waals surface area (Å²) in [6.45, 7) is 4.79. The number of pyridine rings is 1. The molecule has 29 heavy (non-hydrogen) atoms. The lowest BCUT2D eigenvalue weighted by Crippen LogP contribution is -3.00. The van der Waals surface area contributed by atoms with E-state index in [0.29, 0.717) is 28.6 Å². The van der Waals surface area contributed by atoms with Gasteiger partial charge in [0, 0.05) is 34.5 Å². The zero-order valence-electron chi connectivity index (χ0n) is 16.5. The summed E-state index contributed by atoms with van der Waals surface area (Å²) < 4.78 is 10.1. The van der Waals surface area contributed by atoms with Crippen LogP contribution in [0.15, 0.2) is 39.8 Å². The number of aromatic nitrogens is 1. The van der Waals surface area contributed by atoms with Crippen LogP contribution in [0.3, 0.4) is 0 Å². The molecule has 0 radical (unpaired) electrons. The van der Waals surface area contributed by atoms with Crippen LogP contribution in [0.2, 0.25) is 0 Å². The Morgan fingerprint density at radius 3 is 2.55 bits per heavy atom. The summed E-state index contributed by atoms with van der Waals surface area (Å²) >= 11 is 0. The molecule has 0 bridgehead atoms. The van der Waals surface area contributed by atoms with E-state index >= 15 is 0 Å². The molecule has 0 unspecified atom stereocenters. The Balaban J connectivity index is 0.00000300. The van der Waals surface area contributed by atoms with Gasteiger partial charge in [0.05, 0.1) is 19.1 Å². The highest BCUT2D eigenvalue weighted by Gasteiger charge is 2.20. The predicted molar refractivity (Wildman–Crippen MR) is 103 cm³/mol. The fraction of sp³-hybridized carbons (Fsp3) is 0.286. The second-order valence-corrected chi connectivity index (χ2v) is 6.68. The number of benzene rings is 1. The minimum atomic E-state index is -0.588. The third-order valence-corrected chi connectivity index (χ3v) is 4.90. The molecule has 1 aromatic carbocycles. The number of methoxy groups -OCH3 is 1. The largest absolute Gasteiger partial charge is 1.00 e. The highest BCUT2D eigenvalue weighted by molar-refractivity contribution is 5.87. The standard InChI is InChI=1S/C21H22N2O5.ClH/c1-12-16-8-15(11-23-10-14-4-6-22-7-5-14)19(25)13(2)20(16)28-21(26)17(12)9-18(24)27-3;/h4-8,23,25H,9-11H2,1-3H3;1H. The van der Waals surface area contributed by atoms with E-state index in [1.165, 1.54) is 7.11 Å². The van der Waals surface area contributed by atoms with Crippen molar-refractivity contribution in [1.82, 2.24) is 4.98 Å². The van der Waals surface area contributed by atoms with Crippen LogP contribution in [0.5, 0.6) is 5.75 Å². The maximum Gasteiger partial charge on any atom is 0.340 e. The molecule has 154 valence electrons. The molecular weight excluding hydrogens is 396 g/mol. The first-order valence-electron chi connectivity index (χ1n) is 8.97. The number of halogens is 1. The van der Waals surface area contributed by atoms with Crippen LogP contribution in [-0.4, -0.2) is 23.2 Å². The van der Waals surface area contributed by atoms with Gasteiger partial charge in [0.1, 0.15) is 24.4 Å². The van der Waals surface area contributed by atoms with Crippen LogP contribution in [-0.2, 0) is 29.0 Å². The summed E-state index contributed by atoms with van der Waals surface area (Å²) in [5.74, 6) is -0.391. The lowest BCUT2D eigenvalue weighted by atomic mass is 9.98. The van der Waals surface area contributed by atoms with E-state index in [4.69, 9.17) is 4.42 Å². The lowest BCUT2D eigenvalue weighted by Gasteiger charge is -2.13. The molecule has 0 aliphatic heterocycles. The van der Waals surface area contributed by atoms with Gasteiger partial charge in [-0.2, -0.15) is 0 Å². The molecule has 2 aromatic heterocycles. The van der Waals surface area contributed by atoms with Crippen molar-refractivity contribution in [2.45, 2.75) is 33.4 Å². The molecule has 0 amide bonds. The number of phenols is 1. The number of hydrogen-bond acceptors (Lipinski definition) is 6. The van der Waals surface area contributed by atoms with Crippen molar-refractivity contribution in [2.75, 3.05) is 7.11 Å². The summed E-state index contributed by atoms with van der Waals surface area (Å²) in [5.41, 5.74) is 3.07. The molecule has 8 heteroatoms. The number of carbonyl (C=O) groups excluding carboxylic acids is 1. The molecule has 3 N–H and O–H groups in total. The summed E-state index contributed by atoms with van der Waals surface area (Å²) in [6.07, 6.45) is 3.34. The van der Waals surface area contributed by atoms with Gasteiger partial charge < -0.3 is 32.0 Å². The van der Waals surface area contributed by atoms with E-state index < -0.39 is 11.6 Å². The van der Waals surface area contributed by atoms with Crippen molar-refractivity contribution < 1.29 is 36.8 Å². The van der Waals surface area contributed by atoms with Gasteiger partial charge in [0.15, 0.2) is 0 Å². The minimum Gasteiger partial charge on any atom is -1.00 e. The van der Waals surface area contributed by atoms with Crippen LogP contribution >= 0.6 is 0 Å². The quantitative estimate of drug-likeness (QED) is 0.372. The number of phenolic OH excluding ortho intramolecular Hbond substituents is 1. The first-order valence-corrected chi connectivity index (χ1v) is 8.97. The maximum absolute atomic E-state index is 12.3. The molecule has 0 spiro atoms. The van der Waals surface area contributed by atoms with Crippen LogP contribution in [0.1, 0.15) is 27.8 Å². The van der Waals surface area contributed by atoms with Gasteiger partial charge in [-0.25, -0.2) is 4.79 Å². The second-order valence-electron chi connectivity index (χ2n) is 6.68. The van der Waals surface area contributed by atoms with Gasteiger partial charge in [0.25, 0.3) is 0 Å². The fourth-order valence-corrected chi connectivity index (χ4v) is 3.23. The molecule has 0 aliphatic rings. The second kappa shape index (κ2) is 9.54. The molecule has 0 saturated carbocycles. The summed E-state index contributed by atoms with van der Waals surface area (Å²) in [5, 5.41) is 13.3. The van der Waals surface area contributed by atoms with E-state index in [0.717, 1.165) is 17.7 Å². The Morgan fingerprint density at radius 1 is 1.21 bits per heavy atom. The summed E-state index contributed by atoms with van der Waals surface area (Å²) in [4.78, 5) is 27.9. The Kier molecular flexibility index (Phi) is 7.36. The zero-order valence-corrected chi connectivity index (χ0v) is 17.2. The van der Waals surface area contributed by atoms with Crippen LogP contribution < -0.4 is 23.3 Å². The van der Waals surface area contributed by atoms with Crippen molar-refractivity contribution >= 4 is 16.9 Å². The Labute approximate surface area is 174 Å². The van der Waals surface area contributed by atoms with Crippen molar-refractivity contribution in [3.63, 3.8) is 0 Å².